The van der Waals surface area contributed by atoms with Gasteiger partial charge in [-0.25, -0.2) is 4.79 Å². The quantitative estimate of drug-likeness (QED) is 0.913. The van der Waals surface area contributed by atoms with E-state index in [2.05, 4.69) is 16.3 Å². The lowest BCUT2D eigenvalue weighted by Crippen LogP contribution is -2.39. The molecule has 1 aliphatic rings. The van der Waals surface area contributed by atoms with Crippen molar-refractivity contribution in [3.8, 4) is 6.07 Å². The molecule has 0 aliphatic carbocycles. The SMILES string of the molecule is Cn1c(Nc2cccc(N3CCCCCC3)c2)c(C#N)c(=O)n(C)c1=O. The maximum atomic E-state index is 12.2. The summed E-state index contributed by atoms with van der Waals surface area (Å²) in [6, 6.07) is 9.77. The molecule has 0 atom stereocenters. The molecular formula is C19H23N5O2. The Kier molecular flexibility index (Phi) is 5.12. The summed E-state index contributed by atoms with van der Waals surface area (Å²) in [5.74, 6) is 0.216. The summed E-state index contributed by atoms with van der Waals surface area (Å²) in [6.07, 6.45) is 4.88. The number of hydrogen-bond acceptors (Lipinski definition) is 5. The Morgan fingerprint density at radius 2 is 1.73 bits per heavy atom. The number of nitriles is 1. The summed E-state index contributed by atoms with van der Waals surface area (Å²) in [6.45, 7) is 2.05. The van der Waals surface area contributed by atoms with Gasteiger partial charge in [-0.15, -0.1) is 0 Å². The van der Waals surface area contributed by atoms with Gasteiger partial charge in [0.15, 0.2) is 5.56 Å². The molecule has 2 aromatic rings. The van der Waals surface area contributed by atoms with Gasteiger partial charge in [-0.3, -0.25) is 13.9 Å². The minimum atomic E-state index is -0.596. The highest BCUT2D eigenvalue weighted by Gasteiger charge is 2.16. The Bertz CT molecular complexity index is 959. The molecule has 136 valence electrons. The lowest BCUT2D eigenvalue weighted by Gasteiger charge is -2.23. The van der Waals surface area contributed by atoms with Crippen molar-refractivity contribution in [3.63, 3.8) is 0 Å². The van der Waals surface area contributed by atoms with Crippen LogP contribution in [0.25, 0.3) is 0 Å². The monoisotopic (exact) mass is 353 g/mol. The van der Waals surface area contributed by atoms with E-state index in [0.717, 1.165) is 29.0 Å². The maximum Gasteiger partial charge on any atom is 0.332 e. The molecule has 0 radical (unpaired) electrons. The molecular weight excluding hydrogens is 330 g/mol. The highest BCUT2D eigenvalue weighted by Crippen LogP contribution is 2.25. The van der Waals surface area contributed by atoms with Crippen LogP contribution in [0, 0.1) is 11.3 Å². The van der Waals surface area contributed by atoms with Gasteiger partial charge in [0.05, 0.1) is 0 Å². The fourth-order valence-corrected chi connectivity index (χ4v) is 3.34. The Morgan fingerprint density at radius 1 is 1.04 bits per heavy atom. The van der Waals surface area contributed by atoms with Gasteiger partial charge >= 0.3 is 5.69 Å². The first-order chi connectivity index (χ1) is 12.5. The Labute approximate surface area is 152 Å². The second-order valence-corrected chi connectivity index (χ2v) is 6.62. The summed E-state index contributed by atoms with van der Waals surface area (Å²) in [5, 5.41) is 12.5. The molecule has 7 heteroatoms. The smallest absolute Gasteiger partial charge is 0.332 e. The second-order valence-electron chi connectivity index (χ2n) is 6.62. The van der Waals surface area contributed by atoms with Crippen molar-refractivity contribution in [2.75, 3.05) is 23.3 Å². The van der Waals surface area contributed by atoms with Crippen LogP contribution in [-0.2, 0) is 14.1 Å². The average Bonchev–Trinajstić information content (AvgIpc) is 2.94. The molecule has 0 spiro atoms. The van der Waals surface area contributed by atoms with Gasteiger partial charge in [-0.05, 0) is 31.0 Å². The normalized spacial score (nSPS) is 14.6. The number of hydrogen-bond donors (Lipinski definition) is 1. The molecule has 1 N–H and O–H groups in total. The first-order valence-corrected chi connectivity index (χ1v) is 8.85. The van der Waals surface area contributed by atoms with Crippen molar-refractivity contribution in [1.82, 2.24) is 9.13 Å². The van der Waals surface area contributed by atoms with Crippen molar-refractivity contribution < 1.29 is 0 Å². The number of anilines is 3. The van der Waals surface area contributed by atoms with Crippen molar-refractivity contribution >= 4 is 17.2 Å². The molecule has 1 fully saturated rings. The zero-order chi connectivity index (χ0) is 18.7. The van der Waals surface area contributed by atoms with Crippen molar-refractivity contribution in [2.24, 2.45) is 14.1 Å². The molecule has 0 saturated carbocycles. The van der Waals surface area contributed by atoms with Crippen LogP contribution in [0.5, 0.6) is 0 Å². The Balaban J connectivity index is 1.98. The van der Waals surface area contributed by atoms with E-state index in [1.807, 2.05) is 24.3 Å². The largest absolute Gasteiger partial charge is 0.371 e. The van der Waals surface area contributed by atoms with Crippen LogP contribution in [0.1, 0.15) is 31.2 Å². The number of nitrogens with zero attached hydrogens (tertiary/aromatic N) is 4. The minimum absolute atomic E-state index is 0.0743. The number of benzene rings is 1. The number of nitrogens with one attached hydrogen (secondary N) is 1. The molecule has 1 aliphatic heterocycles. The highest BCUT2D eigenvalue weighted by atomic mass is 16.2. The number of aromatic nitrogens is 2. The van der Waals surface area contributed by atoms with Crippen molar-refractivity contribution in [2.45, 2.75) is 25.7 Å². The Hall–Kier alpha value is -3.01. The van der Waals surface area contributed by atoms with Crippen LogP contribution in [0.2, 0.25) is 0 Å². The molecule has 0 unspecified atom stereocenters. The second kappa shape index (κ2) is 7.48. The van der Waals surface area contributed by atoms with Crippen LogP contribution in [0.4, 0.5) is 17.2 Å². The molecule has 0 bridgehead atoms. The predicted octanol–water partition coefficient (Wildman–Crippen LogP) is 2.08. The van der Waals surface area contributed by atoms with Crippen molar-refractivity contribution in [1.29, 1.82) is 5.26 Å². The molecule has 26 heavy (non-hydrogen) atoms. The first-order valence-electron chi connectivity index (χ1n) is 8.85. The van der Waals surface area contributed by atoms with Crippen LogP contribution in [0.3, 0.4) is 0 Å². The van der Waals surface area contributed by atoms with E-state index in [9.17, 15) is 14.9 Å². The lowest BCUT2D eigenvalue weighted by molar-refractivity contribution is 0.689. The van der Waals surface area contributed by atoms with Crippen molar-refractivity contribution in [3.05, 3.63) is 50.7 Å². The number of rotatable bonds is 3. The third kappa shape index (κ3) is 3.36. The van der Waals surface area contributed by atoms with E-state index >= 15 is 0 Å². The Morgan fingerprint density at radius 3 is 2.38 bits per heavy atom. The third-order valence-electron chi connectivity index (χ3n) is 4.86. The highest BCUT2D eigenvalue weighted by molar-refractivity contribution is 5.66. The van der Waals surface area contributed by atoms with Crippen LogP contribution >= 0.6 is 0 Å². The topological polar surface area (TPSA) is 83.1 Å². The molecule has 2 heterocycles. The fraction of sp³-hybridized carbons (Fsp3) is 0.421. The maximum absolute atomic E-state index is 12.2. The van der Waals surface area contributed by atoms with Gasteiger partial charge in [0.25, 0.3) is 5.56 Å². The van der Waals surface area contributed by atoms with Gasteiger partial charge in [-0.2, -0.15) is 5.26 Å². The summed E-state index contributed by atoms with van der Waals surface area (Å²) < 4.78 is 2.23. The molecule has 1 aromatic carbocycles. The zero-order valence-corrected chi connectivity index (χ0v) is 15.2. The van der Waals surface area contributed by atoms with E-state index in [1.165, 1.54) is 37.3 Å². The van der Waals surface area contributed by atoms with Crippen LogP contribution < -0.4 is 21.5 Å². The molecule has 0 amide bonds. The van der Waals surface area contributed by atoms with E-state index in [4.69, 9.17) is 0 Å². The van der Waals surface area contributed by atoms with E-state index in [-0.39, 0.29) is 11.4 Å². The molecule has 3 rings (SSSR count). The minimum Gasteiger partial charge on any atom is -0.371 e. The molecule has 7 nitrogen and oxygen atoms in total. The predicted molar refractivity (Wildman–Crippen MR) is 102 cm³/mol. The zero-order valence-electron chi connectivity index (χ0n) is 15.2. The lowest BCUT2D eigenvalue weighted by atomic mass is 10.2. The van der Waals surface area contributed by atoms with Crippen LogP contribution in [-0.4, -0.2) is 22.2 Å². The summed E-state index contributed by atoms with van der Waals surface area (Å²) >= 11 is 0. The van der Waals surface area contributed by atoms with Gasteiger partial charge in [0.2, 0.25) is 0 Å². The summed E-state index contributed by atoms with van der Waals surface area (Å²) in [4.78, 5) is 26.8. The standard InChI is InChI=1S/C19H23N5O2/c1-22-17(16(13-20)18(25)23(2)19(22)26)21-14-8-7-9-15(12-14)24-10-5-3-4-6-11-24/h7-9,12,21H,3-6,10-11H2,1-2H3. The van der Waals surface area contributed by atoms with E-state index in [0.29, 0.717) is 0 Å². The fourth-order valence-electron chi connectivity index (χ4n) is 3.34. The summed E-state index contributed by atoms with van der Waals surface area (Å²) in [7, 11) is 2.92. The van der Waals surface area contributed by atoms with Crippen LogP contribution in [0.15, 0.2) is 33.9 Å². The van der Waals surface area contributed by atoms with Gasteiger partial charge in [0.1, 0.15) is 11.9 Å². The first kappa shape index (κ1) is 17.8. The van der Waals surface area contributed by atoms with E-state index < -0.39 is 11.2 Å². The summed E-state index contributed by atoms with van der Waals surface area (Å²) in [5.41, 5.74) is 0.701. The third-order valence-corrected chi connectivity index (χ3v) is 4.86. The van der Waals surface area contributed by atoms with E-state index in [1.54, 1.807) is 7.05 Å². The molecule has 1 aromatic heterocycles. The van der Waals surface area contributed by atoms with Gasteiger partial charge < -0.3 is 10.2 Å². The van der Waals surface area contributed by atoms with Gasteiger partial charge in [-0.1, -0.05) is 18.9 Å². The van der Waals surface area contributed by atoms with Gasteiger partial charge in [0, 0.05) is 38.6 Å². The average molecular weight is 353 g/mol. The molecule has 1 saturated heterocycles.